The van der Waals surface area contributed by atoms with Crippen molar-refractivity contribution in [2.24, 2.45) is 5.41 Å². The minimum atomic E-state index is -1.56. The molecule has 8 nitrogen and oxygen atoms in total. The number of non-ortho nitro benzene ring substituents is 1. The highest BCUT2D eigenvalue weighted by atomic mass is 35.5. The Bertz CT molecular complexity index is 1820. The number of hydrogen-bond acceptors (Lipinski definition) is 7. The number of halogens is 4. The van der Waals surface area contributed by atoms with Crippen LogP contribution in [-0.4, -0.2) is 64.2 Å². The van der Waals surface area contributed by atoms with Gasteiger partial charge in [0.05, 0.1) is 10.3 Å². The van der Waals surface area contributed by atoms with Crippen molar-refractivity contribution in [1.82, 2.24) is 9.80 Å². The zero-order valence-electron chi connectivity index (χ0n) is 23.2. The molecule has 226 valence electrons. The molecule has 0 bridgehead atoms. The molecule has 1 N–H and O–H groups in total. The number of nitrogens with one attached hydrogen (secondary N) is 1. The number of likely N-dealkylation sites (tertiary alicyclic amines) is 1. The number of thioether (sulfide) groups is 1. The number of benzene rings is 3. The molecular formula is C31H24Cl4N4O4S. The highest BCUT2D eigenvalue weighted by Gasteiger charge is 2.79. The minimum Gasteiger partial charge on any atom is -0.324 e. The molecule has 4 heterocycles. The van der Waals surface area contributed by atoms with Crippen LogP contribution in [0.5, 0.6) is 0 Å². The predicted octanol–water partition coefficient (Wildman–Crippen LogP) is 7.11. The Hall–Kier alpha value is -2.63. The van der Waals surface area contributed by atoms with E-state index in [9.17, 15) is 14.9 Å². The number of Topliss-reactive ketones (excluding diaryl/α,β-unsaturated/α-hetero) is 1. The molecule has 0 aromatic heterocycles. The number of piperidine rings is 1. The van der Waals surface area contributed by atoms with Crippen molar-refractivity contribution in [1.29, 1.82) is 0 Å². The maximum atomic E-state index is 15.4. The van der Waals surface area contributed by atoms with Crippen molar-refractivity contribution in [3.05, 3.63) is 107 Å². The summed E-state index contributed by atoms with van der Waals surface area (Å²) in [5.74, 6) is -0.100. The van der Waals surface area contributed by atoms with Crippen LogP contribution >= 0.6 is 58.2 Å². The van der Waals surface area contributed by atoms with E-state index in [0.29, 0.717) is 66.2 Å². The van der Waals surface area contributed by atoms with E-state index in [4.69, 9.17) is 46.4 Å². The van der Waals surface area contributed by atoms with Gasteiger partial charge in [0.2, 0.25) is 0 Å². The van der Waals surface area contributed by atoms with E-state index < -0.39 is 21.8 Å². The molecule has 4 atom stereocenters. The molecule has 0 saturated carbocycles. The van der Waals surface area contributed by atoms with E-state index in [0.717, 1.165) is 0 Å². The van der Waals surface area contributed by atoms with Crippen molar-refractivity contribution in [2.45, 2.75) is 17.5 Å². The highest BCUT2D eigenvalue weighted by Crippen LogP contribution is 2.69. The van der Waals surface area contributed by atoms with Gasteiger partial charge in [0.1, 0.15) is 5.54 Å². The van der Waals surface area contributed by atoms with Gasteiger partial charge in [0.25, 0.3) is 11.6 Å². The fraction of sp³-hybridized carbons (Fsp3) is 0.290. The first-order valence-electron chi connectivity index (χ1n) is 13.8. The second kappa shape index (κ2) is 10.7. The second-order valence-corrected chi connectivity index (χ2v) is 14.3. The predicted molar refractivity (Wildman–Crippen MR) is 175 cm³/mol. The third kappa shape index (κ3) is 4.14. The first-order chi connectivity index (χ1) is 21.0. The number of ketones is 1. The fourth-order valence-corrected chi connectivity index (χ4v) is 10.2. The third-order valence-corrected chi connectivity index (χ3v) is 11.5. The molecule has 44 heavy (non-hydrogen) atoms. The molecule has 0 aliphatic carbocycles. The van der Waals surface area contributed by atoms with Crippen molar-refractivity contribution >= 4 is 87.3 Å². The maximum Gasteiger partial charge on any atom is 0.269 e. The van der Waals surface area contributed by atoms with E-state index >= 15 is 4.79 Å². The summed E-state index contributed by atoms with van der Waals surface area (Å²) in [5.41, 5.74) is -0.520. The van der Waals surface area contributed by atoms with Gasteiger partial charge in [-0.1, -0.05) is 58.5 Å². The van der Waals surface area contributed by atoms with Gasteiger partial charge in [-0.2, -0.15) is 0 Å². The summed E-state index contributed by atoms with van der Waals surface area (Å²) in [7, 11) is 1.90. The van der Waals surface area contributed by atoms with E-state index in [2.05, 4.69) is 10.2 Å². The Morgan fingerprint density at radius 3 is 2.45 bits per heavy atom. The number of anilines is 1. The van der Waals surface area contributed by atoms with Gasteiger partial charge >= 0.3 is 0 Å². The molecule has 3 aromatic carbocycles. The van der Waals surface area contributed by atoms with Gasteiger partial charge in [-0.25, -0.2) is 0 Å². The molecular weight excluding hydrogens is 666 g/mol. The Labute approximate surface area is 277 Å². The summed E-state index contributed by atoms with van der Waals surface area (Å²) in [5, 5.41) is 16.7. The summed E-state index contributed by atoms with van der Waals surface area (Å²) in [6.45, 7) is 0.508. The molecule has 3 saturated heterocycles. The number of nitrogens with zero attached hydrogens (tertiary/aromatic N) is 3. The van der Waals surface area contributed by atoms with Crippen LogP contribution < -0.4 is 5.32 Å². The van der Waals surface area contributed by atoms with Crippen molar-refractivity contribution in [2.75, 3.05) is 37.1 Å². The fourth-order valence-electron chi connectivity index (χ4n) is 7.87. The molecule has 1 amide bonds. The van der Waals surface area contributed by atoms with Gasteiger partial charge in [-0.3, -0.25) is 24.6 Å². The van der Waals surface area contributed by atoms with E-state index in [1.54, 1.807) is 54.2 Å². The number of likely N-dealkylation sites (N-methyl/N-ethyl adjacent to an activating group) is 1. The molecule has 2 spiro atoms. The first-order valence-corrected chi connectivity index (χ1v) is 16.4. The van der Waals surface area contributed by atoms with Gasteiger partial charge in [-0.15, -0.1) is 11.8 Å². The lowest BCUT2D eigenvalue weighted by Gasteiger charge is -2.51. The van der Waals surface area contributed by atoms with Crippen molar-refractivity contribution in [3.8, 4) is 0 Å². The highest BCUT2D eigenvalue weighted by molar-refractivity contribution is 7.99. The van der Waals surface area contributed by atoms with E-state index in [1.165, 1.54) is 12.1 Å². The van der Waals surface area contributed by atoms with Crippen LogP contribution in [0.3, 0.4) is 0 Å². The van der Waals surface area contributed by atoms with Gasteiger partial charge < -0.3 is 10.2 Å². The summed E-state index contributed by atoms with van der Waals surface area (Å²) >= 11 is 27.6. The normalized spacial score (nSPS) is 29.1. The summed E-state index contributed by atoms with van der Waals surface area (Å²) < 4.78 is 0. The number of amides is 1. The lowest BCUT2D eigenvalue weighted by Crippen LogP contribution is -2.65. The Kier molecular flexibility index (Phi) is 7.33. The average Bonchev–Trinajstić information content (AvgIpc) is 3.61. The summed E-state index contributed by atoms with van der Waals surface area (Å²) in [4.78, 5) is 45.7. The molecule has 4 aliphatic rings. The van der Waals surface area contributed by atoms with Gasteiger partial charge in [0, 0.05) is 85.7 Å². The third-order valence-electron chi connectivity index (χ3n) is 9.34. The molecule has 4 aliphatic heterocycles. The van der Waals surface area contributed by atoms with Gasteiger partial charge in [0.15, 0.2) is 5.78 Å². The monoisotopic (exact) mass is 688 g/mol. The van der Waals surface area contributed by atoms with Crippen molar-refractivity contribution in [3.63, 3.8) is 0 Å². The van der Waals surface area contributed by atoms with Crippen LogP contribution in [-0.2, 0) is 15.1 Å². The van der Waals surface area contributed by atoms with Crippen LogP contribution in [0.15, 0.2) is 60.2 Å². The number of rotatable bonds is 3. The Balaban J connectivity index is 1.56. The number of fused-ring (bicyclic) bond motifs is 5. The van der Waals surface area contributed by atoms with E-state index in [1.807, 2.05) is 18.0 Å². The van der Waals surface area contributed by atoms with Crippen LogP contribution in [0.4, 0.5) is 11.4 Å². The Morgan fingerprint density at radius 2 is 1.75 bits per heavy atom. The quantitative estimate of drug-likeness (QED) is 0.178. The molecule has 7 rings (SSSR count). The number of hydrogen-bond donors (Lipinski definition) is 1. The molecule has 3 fully saturated rings. The number of nitro benzene ring substituents is 1. The van der Waals surface area contributed by atoms with Gasteiger partial charge in [-0.05, 0) is 54.6 Å². The molecule has 0 radical (unpaired) electrons. The lowest BCUT2D eigenvalue weighted by molar-refractivity contribution is -0.385. The largest absolute Gasteiger partial charge is 0.324 e. The maximum absolute atomic E-state index is 15.4. The smallest absolute Gasteiger partial charge is 0.269 e. The lowest BCUT2D eigenvalue weighted by atomic mass is 9.55. The topological polar surface area (TPSA) is 95.8 Å². The summed E-state index contributed by atoms with van der Waals surface area (Å²) in [6, 6.07) is 14.4. The standard InChI is InChI=1S/C31H24Cl4N4O4S/c1-37-12-17(8-16-2-3-18(32)9-23(16)34)28(40)30(14-37)27(21-6-4-19(33)10-24(21)35)26-13-44-15-38(26)31(30)22-11-20(39(42)43)5-7-25(22)36-29(31)41/h2-11,26-27H,12-15H2,1H3,(H,36,41)/b17-8+/t26-,27-,30-,31-/m0/s1. The second-order valence-electron chi connectivity index (χ2n) is 11.6. The molecule has 3 aromatic rings. The minimum absolute atomic E-state index is 0.161. The van der Waals surface area contributed by atoms with Crippen molar-refractivity contribution < 1.29 is 14.5 Å². The zero-order chi connectivity index (χ0) is 31.1. The van der Waals surface area contributed by atoms with E-state index in [-0.39, 0.29) is 30.0 Å². The number of carbonyl (C=O) groups excluding carboxylic acids is 2. The average molecular weight is 690 g/mol. The van der Waals surface area contributed by atoms with Crippen LogP contribution in [0.25, 0.3) is 6.08 Å². The molecule has 13 heteroatoms. The number of carbonyl (C=O) groups is 2. The zero-order valence-corrected chi connectivity index (χ0v) is 27.0. The summed E-state index contributed by atoms with van der Waals surface area (Å²) in [6.07, 6.45) is 1.76. The molecule has 0 unspecified atom stereocenters. The van der Waals surface area contributed by atoms with Crippen LogP contribution in [0, 0.1) is 15.5 Å². The first kappa shape index (κ1) is 30.0. The number of nitro groups is 1. The van der Waals surface area contributed by atoms with Crippen LogP contribution in [0.1, 0.15) is 22.6 Å². The SMILES string of the molecule is CN1C/C(=C\c2ccc(Cl)cc2Cl)C(=O)[C@]2(C1)[C@@H](c1ccc(Cl)cc1Cl)[C@@H]1CSCN1[C@@]21C(=O)Nc2ccc([N+](=O)[O-])cc21. The van der Waals surface area contributed by atoms with Crippen LogP contribution in [0.2, 0.25) is 20.1 Å². The Morgan fingerprint density at radius 1 is 1.02 bits per heavy atom.